The van der Waals surface area contributed by atoms with Gasteiger partial charge < -0.3 is 10.1 Å². The molecular formula is C36H32N6O5S. The second-order valence-electron chi connectivity index (χ2n) is 12.3. The first-order chi connectivity index (χ1) is 23.2. The first kappa shape index (κ1) is 31.2. The van der Waals surface area contributed by atoms with Gasteiger partial charge in [0.25, 0.3) is 5.91 Å². The van der Waals surface area contributed by atoms with E-state index in [9.17, 15) is 23.3 Å². The van der Waals surface area contributed by atoms with Gasteiger partial charge in [-0.05, 0) is 83.9 Å². The van der Waals surface area contributed by atoms with Crippen LogP contribution in [0.5, 0.6) is 5.75 Å². The van der Waals surface area contributed by atoms with Crippen LogP contribution in [-0.4, -0.2) is 71.1 Å². The summed E-state index contributed by atoms with van der Waals surface area (Å²) in [5.74, 6) is 0.234. The van der Waals surface area contributed by atoms with Crippen molar-refractivity contribution in [3.63, 3.8) is 0 Å². The summed E-state index contributed by atoms with van der Waals surface area (Å²) in [6.45, 7) is 0.512. The lowest BCUT2D eigenvalue weighted by Gasteiger charge is -2.28. The van der Waals surface area contributed by atoms with Crippen LogP contribution in [0.2, 0.25) is 0 Å². The number of rotatable bonds is 10. The van der Waals surface area contributed by atoms with E-state index in [-0.39, 0.29) is 47.6 Å². The highest BCUT2D eigenvalue weighted by Crippen LogP contribution is 2.53. The number of benzene rings is 2. The molecule has 2 aromatic heterocycles. The summed E-state index contributed by atoms with van der Waals surface area (Å²) in [5, 5.41) is 12.7. The smallest absolute Gasteiger partial charge is 0.254 e. The van der Waals surface area contributed by atoms with Crippen LogP contribution < -0.4 is 10.1 Å². The van der Waals surface area contributed by atoms with Crippen molar-refractivity contribution in [3.05, 3.63) is 132 Å². The Labute approximate surface area is 278 Å². The van der Waals surface area contributed by atoms with Gasteiger partial charge in [-0.3, -0.25) is 24.5 Å². The van der Waals surface area contributed by atoms with Crippen molar-refractivity contribution >= 4 is 21.7 Å². The lowest BCUT2D eigenvalue weighted by atomic mass is 9.85. The molecule has 7 rings (SSSR count). The van der Waals surface area contributed by atoms with Crippen LogP contribution in [0.25, 0.3) is 0 Å². The molecular weight excluding hydrogens is 629 g/mol. The first-order valence-corrected chi connectivity index (χ1v) is 17.0. The van der Waals surface area contributed by atoms with Gasteiger partial charge in [0.05, 0.1) is 23.6 Å². The predicted molar refractivity (Wildman–Crippen MR) is 175 cm³/mol. The van der Waals surface area contributed by atoms with E-state index in [0.29, 0.717) is 35.5 Å². The number of methoxy groups -OCH3 is 1. The molecule has 48 heavy (non-hydrogen) atoms. The number of aromatic nitrogens is 2. The SMILES string of the molecule is COc1ccc(S(=O)(=O)N2C[C@@H]3C(N4C(=O)C(Cc5ccncc5)(Cc5ccncc5)N/C4=C\C(=O)c4ccc(C#N)cc4)[C@@H]3C2)cc1. The number of nitrogens with zero attached hydrogens (tertiary/aromatic N) is 5. The van der Waals surface area contributed by atoms with Crippen LogP contribution in [-0.2, 0) is 27.7 Å². The van der Waals surface area contributed by atoms with Crippen LogP contribution in [0.15, 0.2) is 114 Å². The number of fused-ring (bicyclic) bond motifs is 1. The molecule has 2 aliphatic heterocycles. The van der Waals surface area contributed by atoms with E-state index in [1.54, 1.807) is 66.1 Å². The Morgan fingerprint density at radius 3 is 2.02 bits per heavy atom. The zero-order valence-corrected chi connectivity index (χ0v) is 26.9. The topological polar surface area (TPSA) is 146 Å². The number of allylic oxidation sites excluding steroid dienone is 1. The van der Waals surface area contributed by atoms with Crippen LogP contribution >= 0.6 is 0 Å². The molecule has 4 aromatic rings. The Hall–Kier alpha value is -5.38. The average molecular weight is 661 g/mol. The molecule has 1 unspecified atom stereocenters. The molecule has 0 radical (unpaired) electrons. The number of pyridine rings is 2. The number of carbonyl (C=O) groups excluding carboxylic acids is 2. The summed E-state index contributed by atoms with van der Waals surface area (Å²) in [6.07, 6.45) is 8.83. The Balaban J connectivity index is 1.22. The minimum atomic E-state index is -3.75. The number of carbonyl (C=O) groups is 2. The standard InChI is InChI=1S/C36H32N6O5S/c1-47-28-6-8-29(9-7-28)48(45,46)41-22-30-31(23-41)34(30)42-33(18-32(43)27-4-2-26(21-37)3-5-27)40-36(35(42)44,19-24-10-14-38-15-11-24)20-25-12-16-39-17-13-25/h2-18,30-31,34,40H,19-20,22-23H2,1H3/b33-18+/t30-,31+,34?. The lowest BCUT2D eigenvalue weighted by Crippen LogP contribution is -2.51. The number of ketones is 1. The normalized spacial score (nSPS) is 22.2. The highest BCUT2D eigenvalue weighted by Gasteiger charge is 2.65. The third kappa shape index (κ3) is 5.72. The van der Waals surface area contributed by atoms with Gasteiger partial charge in [-0.2, -0.15) is 9.57 Å². The van der Waals surface area contributed by atoms with Crippen molar-refractivity contribution in [3.8, 4) is 11.8 Å². The maximum atomic E-state index is 14.8. The quantitative estimate of drug-likeness (QED) is 0.200. The number of nitrogens with one attached hydrogen (secondary N) is 1. The average Bonchev–Trinajstić information content (AvgIpc) is 3.44. The summed E-state index contributed by atoms with van der Waals surface area (Å²) >= 11 is 0. The Kier molecular flexibility index (Phi) is 8.02. The Bertz CT molecular complexity index is 1980. The van der Waals surface area contributed by atoms with Gasteiger partial charge in [0.2, 0.25) is 10.0 Å². The van der Waals surface area contributed by atoms with E-state index >= 15 is 0 Å². The van der Waals surface area contributed by atoms with Gasteiger partial charge in [-0.1, -0.05) is 0 Å². The van der Waals surface area contributed by atoms with Crippen molar-refractivity contribution in [1.29, 1.82) is 5.26 Å². The maximum Gasteiger partial charge on any atom is 0.254 e. The number of hydrogen-bond donors (Lipinski definition) is 1. The minimum absolute atomic E-state index is 0.102. The third-order valence-corrected chi connectivity index (χ3v) is 11.3. The predicted octanol–water partition coefficient (Wildman–Crippen LogP) is 3.36. The number of sulfonamides is 1. The molecule has 3 atom stereocenters. The monoisotopic (exact) mass is 660 g/mol. The molecule has 1 aliphatic carbocycles. The molecule has 1 N–H and O–H groups in total. The zero-order chi connectivity index (χ0) is 33.5. The largest absolute Gasteiger partial charge is 0.497 e. The molecule has 12 heteroatoms. The van der Waals surface area contributed by atoms with Gasteiger partial charge in [-0.25, -0.2) is 8.42 Å². The molecule has 2 aromatic carbocycles. The van der Waals surface area contributed by atoms with E-state index < -0.39 is 15.6 Å². The van der Waals surface area contributed by atoms with E-state index in [0.717, 1.165) is 11.1 Å². The summed E-state index contributed by atoms with van der Waals surface area (Å²) in [4.78, 5) is 38.6. The summed E-state index contributed by atoms with van der Waals surface area (Å²) < 4.78 is 33.7. The summed E-state index contributed by atoms with van der Waals surface area (Å²) in [7, 11) is -2.23. The highest BCUT2D eigenvalue weighted by molar-refractivity contribution is 7.89. The summed E-state index contributed by atoms with van der Waals surface area (Å²) in [6, 6.07) is 21.9. The van der Waals surface area contributed by atoms with Crippen LogP contribution in [0, 0.1) is 23.2 Å². The molecule has 4 heterocycles. The number of nitriles is 1. The minimum Gasteiger partial charge on any atom is -0.497 e. The fraction of sp³-hybridized carbons (Fsp3) is 0.250. The molecule has 1 amide bonds. The van der Waals surface area contributed by atoms with Gasteiger partial charge in [-0.15, -0.1) is 0 Å². The van der Waals surface area contributed by atoms with E-state index in [2.05, 4.69) is 21.4 Å². The van der Waals surface area contributed by atoms with Crippen LogP contribution in [0.4, 0.5) is 0 Å². The second-order valence-corrected chi connectivity index (χ2v) is 14.3. The lowest BCUT2D eigenvalue weighted by molar-refractivity contribution is -0.132. The van der Waals surface area contributed by atoms with Crippen molar-refractivity contribution in [2.75, 3.05) is 20.2 Å². The third-order valence-electron chi connectivity index (χ3n) is 9.44. The molecule has 3 fully saturated rings. The Morgan fingerprint density at radius 1 is 0.938 bits per heavy atom. The van der Waals surface area contributed by atoms with Crippen molar-refractivity contribution in [1.82, 2.24) is 24.5 Å². The molecule has 11 nitrogen and oxygen atoms in total. The molecule has 0 bridgehead atoms. The molecule has 2 saturated heterocycles. The number of amides is 1. The number of ether oxygens (including phenoxy) is 1. The van der Waals surface area contributed by atoms with Gasteiger partial charge in [0.15, 0.2) is 5.78 Å². The fourth-order valence-electron chi connectivity index (χ4n) is 6.95. The van der Waals surface area contributed by atoms with Gasteiger partial charge in [0, 0.05) is 80.2 Å². The van der Waals surface area contributed by atoms with Gasteiger partial charge in [0.1, 0.15) is 17.1 Å². The summed E-state index contributed by atoms with van der Waals surface area (Å²) in [5.41, 5.74) is 1.47. The Morgan fingerprint density at radius 2 is 1.50 bits per heavy atom. The number of piperidine rings is 1. The number of hydrogen-bond acceptors (Lipinski definition) is 9. The van der Waals surface area contributed by atoms with Crippen LogP contribution in [0.3, 0.4) is 0 Å². The second kappa shape index (κ2) is 12.3. The maximum absolute atomic E-state index is 14.8. The first-order valence-electron chi connectivity index (χ1n) is 15.5. The van der Waals surface area contributed by atoms with E-state index in [1.807, 2.05) is 24.3 Å². The van der Waals surface area contributed by atoms with Crippen molar-refractivity contribution < 1.29 is 22.7 Å². The molecule has 242 valence electrons. The molecule has 3 aliphatic rings. The van der Waals surface area contributed by atoms with Crippen LogP contribution in [0.1, 0.15) is 27.0 Å². The molecule has 0 spiro atoms. The fourth-order valence-corrected chi connectivity index (χ4v) is 8.46. The van der Waals surface area contributed by atoms with Gasteiger partial charge >= 0.3 is 0 Å². The van der Waals surface area contributed by atoms with Crippen molar-refractivity contribution in [2.45, 2.75) is 29.3 Å². The van der Waals surface area contributed by atoms with E-state index in [1.165, 1.54) is 29.6 Å². The highest BCUT2D eigenvalue weighted by atomic mass is 32.2. The van der Waals surface area contributed by atoms with Crippen molar-refractivity contribution in [2.24, 2.45) is 11.8 Å². The van der Waals surface area contributed by atoms with E-state index in [4.69, 9.17) is 4.74 Å². The molecule has 1 saturated carbocycles. The zero-order valence-electron chi connectivity index (χ0n) is 26.1.